The van der Waals surface area contributed by atoms with Crippen molar-refractivity contribution in [3.8, 4) is 0 Å². The van der Waals surface area contributed by atoms with Gasteiger partial charge in [-0.05, 0) is 30.5 Å². The molecular formula is C17H17NO2. The molecule has 20 heavy (non-hydrogen) atoms. The van der Waals surface area contributed by atoms with Gasteiger partial charge in [-0.25, -0.2) is 0 Å². The zero-order valence-corrected chi connectivity index (χ0v) is 11.4. The van der Waals surface area contributed by atoms with Crippen LogP contribution in [0.25, 0.3) is 0 Å². The van der Waals surface area contributed by atoms with E-state index in [4.69, 9.17) is 0 Å². The molecule has 0 spiro atoms. The molecule has 1 heterocycles. The zero-order chi connectivity index (χ0) is 14.1. The van der Waals surface area contributed by atoms with E-state index in [2.05, 4.69) is 0 Å². The van der Waals surface area contributed by atoms with Crippen molar-refractivity contribution in [3.63, 3.8) is 0 Å². The summed E-state index contributed by atoms with van der Waals surface area (Å²) in [5, 5.41) is 10.3. The zero-order valence-electron chi connectivity index (χ0n) is 11.4. The lowest BCUT2D eigenvalue weighted by Crippen LogP contribution is -2.39. The number of anilines is 1. The highest BCUT2D eigenvalue weighted by atomic mass is 16.3. The topological polar surface area (TPSA) is 40.5 Å². The molecule has 3 nitrogen and oxygen atoms in total. The predicted molar refractivity (Wildman–Crippen MR) is 78.5 cm³/mol. The Bertz CT molecular complexity index is 624. The molecule has 0 aromatic heterocycles. The van der Waals surface area contributed by atoms with Crippen molar-refractivity contribution < 1.29 is 9.90 Å². The third-order valence-corrected chi connectivity index (χ3v) is 3.79. The summed E-state index contributed by atoms with van der Waals surface area (Å²) in [6.07, 6.45) is -0.270. The van der Waals surface area contributed by atoms with E-state index in [1.165, 1.54) is 0 Å². The molecule has 2 unspecified atom stereocenters. The average Bonchev–Trinajstić information content (AvgIpc) is 2.82. The molecule has 1 aliphatic heterocycles. The van der Waals surface area contributed by atoms with E-state index >= 15 is 0 Å². The first-order chi connectivity index (χ1) is 9.68. The van der Waals surface area contributed by atoms with Gasteiger partial charge in [0.2, 0.25) is 0 Å². The van der Waals surface area contributed by atoms with Gasteiger partial charge in [0.1, 0.15) is 0 Å². The lowest BCUT2D eigenvalue weighted by Gasteiger charge is -2.25. The molecule has 2 aromatic rings. The number of aliphatic hydroxyl groups is 1. The highest BCUT2D eigenvalue weighted by Gasteiger charge is 2.34. The van der Waals surface area contributed by atoms with Crippen LogP contribution >= 0.6 is 0 Å². The van der Waals surface area contributed by atoms with Gasteiger partial charge in [-0.1, -0.05) is 48.5 Å². The quantitative estimate of drug-likeness (QED) is 0.908. The van der Waals surface area contributed by atoms with Crippen molar-refractivity contribution in [2.24, 2.45) is 0 Å². The first-order valence-corrected chi connectivity index (χ1v) is 6.82. The minimum atomic E-state index is -1.11. The van der Waals surface area contributed by atoms with Gasteiger partial charge in [0.15, 0.2) is 6.10 Å². The molecule has 1 amide bonds. The minimum Gasteiger partial charge on any atom is -0.378 e. The van der Waals surface area contributed by atoms with Crippen molar-refractivity contribution in [2.75, 3.05) is 4.90 Å². The number of para-hydroxylation sites is 1. The fraction of sp³-hybridized carbons (Fsp3) is 0.235. The van der Waals surface area contributed by atoms with Crippen molar-refractivity contribution in [3.05, 3.63) is 65.7 Å². The molecular weight excluding hydrogens is 250 g/mol. The SMILES string of the molecule is CC1Cc2ccccc2N1C(=O)C(O)c1ccccc1. The van der Waals surface area contributed by atoms with Crippen LogP contribution in [0.5, 0.6) is 0 Å². The second kappa shape index (κ2) is 5.10. The lowest BCUT2D eigenvalue weighted by molar-refractivity contribution is -0.127. The molecule has 0 radical (unpaired) electrons. The van der Waals surface area contributed by atoms with Gasteiger partial charge < -0.3 is 10.0 Å². The molecule has 0 fully saturated rings. The molecule has 0 bridgehead atoms. The summed E-state index contributed by atoms with van der Waals surface area (Å²) in [5.41, 5.74) is 2.71. The number of carbonyl (C=O) groups excluding carboxylic acids is 1. The third-order valence-electron chi connectivity index (χ3n) is 3.79. The molecule has 102 valence electrons. The van der Waals surface area contributed by atoms with Crippen LogP contribution < -0.4 is 4.90 Å². The summed E-state index contributed by atoms with van der Waals surface area (Å²) in [7, 11) is 0. The summed E-state index contributed by atoms with van der Waals surface area (Å²) in [4.78, 5) is 14.3. The van der Waals surface area contributed by atoms with Gasteiger partial charge in [0, 0.05) is 11.7 Å². The Morgan fingerprint density at radius 1 is 1.15 bits per heavy atom. The Kier molecular flexibility index (Phi) is 3.28. The van der Waals surface area contributed by atoms with Crippen LogP contribution in [0.15, 0.2) is 54.6 Å². The van der Waals surface area contributed by atoms with Crippen molar-refractivity contribution >= 4 is 11.6 Å². The Balaban J connectivity index is 1.91. The molecule has 0 saturated carbocycles. The maximum atomic E-state index is 12.6. The Morgan fingerprint density at radius 2 is 1.80 bits per heavy atom. The van der Waals surface area contributed by atoms with Crippen LogP contribution in [-0.4, -0.2) is 17.1 Å². The van der Waals surface area contributed by atoms with E-state index in [-0.39, 0.29) is 11.9 Å². The van der Waals surface area contributed by atoms with E-state index in [9.17, 15) is 9.90 Å². The van der Waals surface area contributed by atoms with Crippen LogP contribution in [-0.2, 0) is 11.2 Å². The van der Waals surface area contributed by atoms with Gasteiger partial charge in [0.05, 0.1) is 0 Å². The van der Waals surface area contributed by atoms with Crippen molar-refractivity contribution in [1.82, 2.24) is 0 Å². The normalized spacial score (nSPS) is 18.7. The fourth-order valence-electron chi connectivity index (χ4n) is 2.81. The second-order valence-corrected chi connectivity index (χ2v) is 5.20. The smallest absolute Gasteiger partial charge is 0.260 e. The van der Waals surface area contributed by atoms with Crippen LogP contribution in [0.4, 0.5) is 5.69 Å². The largest absolute Gasteiger partial charge is 0.378 e. The molecule has 1 N–H and O–H groups in total. The second-order valence-electron chi connectivity index (χ2n) is 5.20. The first kappa shape index (κ1) is 12.9. The summed E-state index contributed by atoms with van der Waals surface area (Å²) < 4.78 is 0. The monoisotopic (exact) mass is 267 g/mol. The molecule has 0 aliphatic carbocycles. The number of benzene rings is 2. The molecule has 3 rings (SSSR count). The van der Waals surface area contributed by atoms with Gasteiger partial charge in [-0.3, -0.25) is 4.79 Å². The summed E-state index contributed by atoms with van der Waals surface area (Å²) in [6.45, 7) is 2.01. The number of aliphatic hydroxyl groups excluding tert-OH is 1. The number of hydrogen-bond acceptors (Lipinski definition) is 2. The summed E-state index contributed by atoms with van der Waals surface area (Å²) in [6, 6.07) is 17.0. The van der Waals surface area contributed by atoms with E-state index in [1.54, 1.807) is 17.0 Å². The lowest BCUT2D eigenvalue weighted by atomic mass is 10.1. The van der Waals surface area contributed by atoms with E-state index in [0.29, 0.717) is 5.56 Å². The maximum Gasteiger partial charge on any atom is 0.260 e. The number of fused-ring (bicyclic) bond motifs is 1. The highest BCUT2D eigenvalue weighted by Crippen LogP contribution is 2.33. The van der Waals surface area contributed by atoms with Crippen LogP contribution in [0.1, 0.15) is 24.2 Å². The van der Waals surface area contributed by atoms with E-state index in [0.717, 1.165) is 17.7 Å². The maximum absolute atomic E-state index is 12.6. The summed E-state index contributed by atoms with van der Waals surface area (Å²) in [5.74, 6) is -0.256. The highest BCUT2D eigenvalue weighted by molar-refractivity contribution is 5.99. The Hall–Kier alpha value is -2.13. The number of rotatable bonds is 2. The average molecular weight is 267 g/mol. The molecule has 0 saturated heterocycles. The first-order valence-electron chi connectivity index (χ1n) is 6.82. The van der Waals surface area contributed by atoms with Crippen molar-refractivity contribution in [2.45, 2.75) is 25.5 Å². The van der Waals surface area contributed by atoms with Crippen LogP contribution in [0.2, 0.25) is 0 Å². The molecule has 2 atom stereocenters. The van der Waals surface area contributed by atoms with Crippen LogP contribution in [0, 0.1) is 0 Å². The number of carbonyl (C=O) groups is 1. The summed E-state index contributed by atoms with van der Waals surface area (Å²) >= 11 is 0. The van der Waals surface area contributed by atoms with E-state index in [1.807, 2.05) is 49.4 Å². The van der Waals surface area contributed by atoms with Gasteiger partial charge in [-0.15, -0.1) is 0 Å². The van der Waals surface area contributed by atoms with Crippen LogP contribution in [0.3, 0.4) is 0 Å². The van der Waals surface area contributed by atoms with Gasteiger partial charge in [-0.2, -0.15) is 0 Å². The Morgan fingerprint density at radius 3 is 2.55 bits per heavy atom. The molecule has 2 aromatic carbocycles. The van der Waals surface area contributed by atoms with Gasteiger partial charge >= 0.3 is 0 Å². The standard InChI is InChI=1S/C17H17NO2/c1-12-11-14-9-5-6-10-15(14)18(12)17(20)16(19)13-7-3-2-4-8-13/h2-10,12,16,19H,11H2,1H3. The molecule has 1 aliphatic rings. The minimum absolute atomic E-state index is 0.0817. The number of nitrogens with zero attached hydrogens (tertiary/aromatic N) is 1. The van der Waals surface area contributed by atoms with E-state index < -0.39 is 6.10 Å². The Labute approximate surface area is 118 Å². The molecule has 3 heteroatoms. The van der Waals surface area contributed by atoms with Crippen molar-refractivity contribution in [1.29, 1.82) is 0 Å². The predicted octanol–water partition coefficient (Wildman–Crippen LogP) is 2.70. The van der Waals surface area contributed by atoms with Gasteiger partial charge in [0.25, 0.3) is 5.91 Å². The number of amides is 1. The third kappa shape index (κ3) is 2.10. The number of hydrogen-bond donors (Lipinski definition) is 1. The fourth-order valence-corrected chi connectivity index (χ4v) is 2.81.